The van der Waals surface area contributed by atoms with Gasteiger partial charge in [-0.05, 0) is 30.3 Å². The van der Waals surface area contributed by atoms with Crippen molar-refractivity contribution in [2.24, 2.45) is 7.05 Å². The van der Waals surface area contributed by atoms with Crippen molar-refractivity contribution in [2.75, 3.05) is 38.2 Å². The number of piperazine rings is 1. The Morgan fingerprint density at radius 3 is 2.58 bits per heavy atom. The van der Waals surface area contributed by atoms with Gasteiger partial charge < -0.3 is 19.1 Å². The van der Waals surface area contributed by atoms with E-state index in [-0.39, 0.29) is 5.91 Å². The van der Waals surface area contributed by atoms with Gasteiger partial charge in [-0.25, -0.2) is 4.98 Å². The molecule has 0 N–H and O–H groups in total. The lowest BCUT2D eigenvalue weighted by Crippen LogP contribution is -2.49. The Balaban J connectivity index is 1.54. The molecule has 1 aromatic carbocycles. The summed E-state index contributed by atoms with van der Waals surface area (Å²) in [6.07, 6.45) is 1.80. The van der Waals surface area contributed by atoms with Gasteiger partial charge in [0.15, 0.2) is 0 Å². The lowest BCUT2D eigenvalue weighted by Gasteiger charge is -2.35. The van der Waals surface area contributed by atoms with Gasteiger partial charge in [0.05, 0.1) is 12.6 Å². The van der Waals surface area contributed by atoms with Crippen LogP contribution in [0.5, 0.6) is 5.75 Å². The molecule has 4 rings (SSSR count). The summed E-state index contributed by atoms with van der Waals surface area (Å²) in [4.78, 5) is 21.6. The van der Waals surface area contributed by atoms with Gasteiger partial charge in [-0.15, -0.1) is 0 Å². The van der Waals surface area contributed by atoms with Gasteiger partial charge in [-0.2, -0.15) is 0 Å². The second kappa shape index (κ2) is 6.71. The maximum Gasteiger partial charge on any atom is 0.270 e. The second-order valence-corrected chi connectivity index (χ2v) is 6.45. The van der Waals surface area contributed by atoms with E-state index in [2.05, 4.69) is 9.88 Å². The average molecular weight is 350 g/mol. The van der Waals surface area contributed by atoms with E-state index in [0.29, 0.717) is 18.8 Å². The summed E-state index contributed by atoms with van der Waals surface area (Å²) in [7, 11) is 3.58. The molecule has 6 nitrogen and oxygen atoms in total. The van der Waals surface area contributed by atoms with Gasteiger partial charge in [0.25, 0.3) is 5.91 Å². The van der Waals surface area contributed by atoms with Gasteiger partial charge in [-0.3, -0.25) is 4.79 Å². The van der Waals surface area contributed by atoms with Crippen molar-refractivity contribution in [3.63, 3.8) is 0 Å². The van der Waals surface area contributed by atoms with Crippen molar-refractivity contribution in [3.05, 3.63) is 54.4 Å². The fourth-order valence-electron chi connectivity index (χ4n) is 3.56. The number of pyridine rings is 1. The standard InChI is InChI=1S/C20H22N4O2/c1-22-16-6-5-7-18(26-2)15(16)14-17(22)20(25)24-12-10-23(11-13-24)19-8-3-4-9-21-19/h3-9,14H,10-13H2,1-2H3. The maximum atomic E-state index is 13.1. The summed E-state index contributed by atoms with van der Waals surface area (Å²) in [5, 5.41) is 0.966. The molecule has 1 amide bonds. The highest BCUT2D eigenvalue weighted by Gasteiger charge is 2.25. The fourth-order valence-corrected chi connectivity index (χ4v) is 3.56. The Kier molecular flexibility index (Phi) is 4.24. The molecule has 3 heterocycles. The zero-order valence-corrected chi connectivity index (χ0v) is 15.1. The van der Waals surface area contributed by atoms with Crippen LogP contribution >= 0.6 is 0 Å². The van der Waals surface area contributed by atoms with Crippen LogP contribution in [-0.2, 0) is 7.05 Å². The normalized spacial score (nSPS) is 14.7. The lowest BCUT2D eigenvalue weighted by molar-refractivity contribution is 0.0737. The Hall–Kier alpha value is -3.02. The maximum absolute atomic E-state index is 13.1. The van der Waals surface area contributed by atoms with E-state index in [0.717, 1.165) is 35.6 Å². The van der Waals surface area contributed by atoms with Crippen molar-refractivity contribution in [1.29, 1.82) is 0 Å². The molecule has 26 heavy (non-hydrogen) atoms. The number of amides is 1. The van der Waals surface area contributed by atoms with Gasteiger partial charge in [0, 0.05) is 44.8 Å². The number of carbonyl (C=O) groups excluding carboxylic acids is 1. The van der Waals surface area contributed by atoms with Crippen LogP contribution in [0.3, 0.4) is 0 Å². The highest BCUT2D eigenvalue weighted by molar-refractivity contribution is 6.00. The first-order chi connectivity index (χ1) is 12.7. The van der Waals surface area contributed by atoms with Gasteiger partial charge in [-0.1, -0.05) is 12.1 Å². The number of hydrogen-bond acceptors (Lipinski definition) is 4. The molecule has 1 saturated heterocycles. The lowest BCUT2D eigenvalue weighted by atomic mass is 10.2. The van der Waals surface area contributed by atoms with Crippen molar-refractivity contribution >= 4 is 22.6 Å². The van der Waals surface area contributed by atoms with E-state index in [1.165, 1.54) is 0 Å². The van der Waals surface area contributed by atoms with Crippen molar-refractivity contribution < 1.29 is 9.53 Å². The van der Waals surface area contributed by atoms with Crippen molar-refractivity contribution in [2.45, 2.75) is 0 Å². The second-order valence-electron chi connectivity index (χ2n) is 6.45. The van der Waals surface area contributed by atoms with Crippen LogP contribution in [0.2, 0.25) is 0 Å². The molecule has 0 aliphatic carbocycles. The van der Waals surface area contributed by atoms with Crippen LogP contribution in [0.1, 0.15) is 10.5 Å². The van der Waals surface area contributed by atoms with Crippen LogP contribution in [0, 0.1) is 0 Å². The molecule has 0 radical (unpaired) electrons. The number of aromatic nitrogens is 2. The zero-order chi connectivity index (χ0) is 18.1. The summed E-state index contributed by atoms with van der Waals surface area (Å²) in [6, 6.07) is 13.7. The monoisotopic (exact) mass is 350 g/mol. The third kappa shape index (κ3) is 2.77. The molecule has 134 valence electrons. The first-order valence-corrected chi connectivity index (χ1v) is 8.76. The molecule has 0 saturated carbocycles. The van der Waals surface area contributed by atoms with E-state index in [1.54, 1.807) is 13.3 Å². The number of nitrogens with zero attached hydrogens (tertiary/aromatic N) is 4. The smallest absolute Gasteiger partial charge is 0.270 e. The number of ether oxygens (including phenoxy) is 1. The summed E-state index contributed by atoms with van der Waals surface area (Å²) in [6.45, 7) is 2.95. The molecule has 0 spiro atoms. The van der Waals surface area contributed by atoms with Crippen LogP contribution in [-0.4, -0.2) is 53.6 Å². The van der Waals surface area contributed by atoms with Crippen LogP contribution in [0.4, 0.5) is 5.82 Å². The summed E-state index contributed by atoms with van der Waals surface area (Å²) in [5.74, 6) is 1.82. The Morgan fingerprint density at radius 2 is 1.88 bits per heavy atom. The minimum absolute atomic E-state index is 0.0615. The first kappa shape index (κ1) is 16.4. The average Bonchev–Trinajstić information content (AvgIpc) is 3.05. The number of hydrogen-bond donors (Lipinski definition) is 0. The topological polar surface area (TPSA) is 50.6 Å². The number of aryl methyl sites for hydroxylation is 1. The summed E-state index contributed by atoms with van der Waals surface area (Å²) >= 11 is 0. The molecule has 0 atom stereocenters. The molecule has 1 aliphatic rings. The Morgan fingerprint density at radius 1 is 1.08 bits per heavy atom. The molecule has 2 aromatic heterocycles. The van der Waals surface area contributed by atoms with E-state index < -0.39 is 0 Å². The Bertz CT molecular complexity index is 928. The number of rotatable bonds is 3. The molecular formula is C20H22N4O2. The number of carbonyl (C=O) groups is 1. The quantitative estimate of drug-likeness (QED) is 0.728. The third-order valence-corrected chi connectivity index (χ3v) is 5.03. The molecule has 0 unspecified atom stereocenters. The molecule has 6 heteroatoms. The van der Waals surface area contributed by atoms with Crippen LogP contribution < -0.4 is 9.64 Å². The van der Waals surface area contributed by atoms with E-state index in [9.17, 15) is 4.79 Å². The zero-order valence-electron chi connectivity index (χ0n) is 15.1. The number of anilines is 1. The van der Waals surface area contributed by atoms with Crippen molar-refractivity contribution in [1.82, 2.24) is 14.5 Å². The van der Waals surface area contributed by atoms with E-state index in [1.807, 2.05) is 59.0 Å². The SMILES string of the molecule is COc1cccc2c1cc(C(=O)N1CCN(c3ccccn3)CC1)n2C. The highest BCUT2D eigenvalue weighted by atomic mass is 16.5. The largest absolute Gasteiger partial charge is 0.496 e. The number of methoxy groups -OCH3 is 1. The molecule has 0 bridgehead atoms. The highest BCUT2D eigenvalue weighted by Crippen LogP contribution is 2.28. The predicted molar refractivity (Wildman–Crippen MR) is 102 cm³/mol. The summed E-state index contributed by atoms with van der Waals surface area (Å²) < 4.78 is 7.38. The van der Waals surface area contributed by atoms with E-state index in [4.69, 9.17) is 4.74 Å². The van der Waals surface area contributed by atoms with Gasteiger partial charge in [0.1, 0.15) is 17.3 Å². The van der Waals surface area contributed by atoms with Gasteiger partial charge >= 0.3 is 0 Å². The predicted octanol–water partition coefficient (Wildman–Crippen LogP) is 2.54. The molecule has 1 fully saturated rings. The number of fused-ring (bicyclic) bond motifs is 1. The molecule has 3 aromatic rings. The minimum Gasteiger partial charge on any atom is -0.496 e. The van der Waals surface area contributed by atoms with Gasteiger partial charge in [0.2, 0.25) is 0 Å². The third-order valence-electron chi connectivity index (χ3n) is 5.03. The number of benzene rings is 1. The Labute approximate surface area is 152 Å². The fraction of sp³-hybridized carbons (Fsp3) is 0.300. The van der Waals surface area contributed by atoms with Crippen molar-refractivity contribution in [3.8, 4) is 5.75 Å². The van der Waals surface area contributed by atoms with E-state index >= 15 is 0 Å². The van der Waals surface area contributed by atoms with Crippen LogP contribution in [0.15, 0.2) is 48.7 Å². The summed E-state index contributed by atoms with van der Waals surface area (Å²) in [5.41, 5.74) is 1.69. The van der Waals surface area contributed by atoms with Crippen LogP contribution in [0.25, 0.3) is 10.9 Å². The molecular weight excluding hydrogens is 328 g/mol. The first-order valence-electron chi connectivity index (χ1n) is 8.76. The molecule has 1 aliphatic heterocycles. The minimum atomic E-state index is 0.0615.